The van der Waals surface area contributed by atoms with Crippen LogP contribution in [0.3, 0.4) is 0 Å². The van der Waals surface area contributed by atoms with Crippen LogP contribution in [0.15, 0.2) is 48.6 Å². The quantitative estimate of drug-likeness (QED) is 0.324. The minimum absolute atomic E-state index is 0.123. The minimum atomic E-state index is -0.631. The highest BCUT2D eigenvalue weighted by Gasteiger charge is 2.16. The Hall–Kier alpha value is -3.42. The number of carbonyl (C=O) groups is 4. The summed E-state index contributed by atoms with van der Waals surface area (Å²) in [7, 11) is 0. The predicted octanol–water partition coefficient (Wildman–Crippen LogP) is 3.02. The topological polar surface area (TPSA) is 105 Å². The molecule has 2 atom stereocenters. The van der Waals surface area contributed by atoms with E-state index in [4.69, 9.17) is 18.9 Å². The van der Waals surface area contributed by atoms with Crippen molar-refractivity contribution in [3.8, 4) is 0 Å². The molecule has 162 valence electrons. The first kappa shape index (κ1) is 24.6. The molecule has 1 rings (SSSR count). The Bertz CT molecular complexity index is 753. The molecule has 0 aliphatic carbocycles. The lowest BCUT2D eigenvalue weighted by atomic mass is 10.1. The summed E-state index contributed by atoms with van der Waals surface area (Å²) in [5.41, 5.74) is 0.931. The largest absolute Gasteiger partial charge is 0.458 e. The SMILES string of the molecule is C=C(C)C(=O)OC(C)COC(=O)c1ccc(C(=O)OCC(C)OC(=O)C(=C)C)cc1. The molecular formula is C22H26O8. The standard InChI is InChI=1S/C22H26O8/c1-13(2)19(23)29-15(5)11-27-21(25)17-7-9-18(10-8-17)22(26)28-12-16(6)30-20(24)14(3)4/h7-10,15-16H,1,3,11-12H2,2,4-6H3. The lowest BCUT2D eigenvalue weighted by Crippen LogP contribution is -2.23. The Morgan fingerprint density at radius 3 is 1.30 bits per heavy atom. The van der Waals surface area contributed by atoms with Crippen molar-refractivity contribution in [2.45, 2.75) is 39.9 Å². The van der Waals surface area contributed by atoms with Gasteiger partial charge in [-0.25, -0.2) is 19.2 Å². The zero-order valence-corrected chi connectivity index (χ0v) is 17.6. The molecule has 0 amide bonds. The van der Waals surface area contributed by atoms with Gasteiger partial charge in [0.25, 0.3) is 0 Å². The normalized spacial score (nSPS) is 12.1. The van der Waals surface area contributed by atoms with Crippen LogP contribution in [0.1, 0.15) is 48.4 Å². The summed E-state index contributed by atoms with van der Waals surface area (Å²) in [5.74, 6) is -2.39. The van der Waals surface area contributed by atoms with Gasteiger partial charge >= 0.3 is 23.9 Å². The molecule has 0 saturated carbocycles. The Morgan fingerprint density at radius 2 is 1.03 bits per heavy atom. The molecule has 0 saturated heterocycles. The van der Waals surface area contributed by atoms with Crippen LogP contribution in [-0.4, -0.2) is 49.3 Å². The molecule has 0 spiro atoms. The van der Waals surface area contributed by atoms with E-state index in [1.54, 1.807) is 13.8 Å². The van der Waals surface area contributed by atoms with Crippen LogP contribution in [0.5, 0.6) is 0 Å². The summed E-state index contributed by atoms with van der Waals surface area (Å²) in [6.07, 6.45) is -1.26. The molecular weight excluding hydrogens is 392 g/mol. The van der Waals surface area contributed by atoms with Crippen molar-refractivity contribution in [1.29, 1.82) is 0 Å². The van der Waals surface area contributed by atoms with Crippen LogP contribution >= 0.6 is 0 Å². The second-order valence-electron chi connectivity index (χ2n) is 6.77. The van der Waals surface area contributed by atoms with Gasteiger partial charge in [-0.2, -0.15) is 0 Å². The average molecular weight is 418 g/mol. The lowest BCUT2D eigenvalue weighted by Gasteiger charge is -2.14. The van der Waals surface area contributed by atoms with Crippen LogP contribution in [0.2, 0.25) is 0 Å². The number of ether oxygens (including phenoxy) is 4. The van der Waals surface area contributed by atoms with Gasteiger partial charge < -0.3 is 18.9 Å². The summed E-state index contributed by atoms with van der Waals surface area (Å²) in [5, 5.41) is 0. The molecule has 1 aromatic rings. The van der Waals surface area contributed by atoms with E-state index in [1.807, 2.05) is 0 Å². The zero-order chi connectivity index (χ0) is 22.8. The smallest absolute Gasteiger partial charge is 0.338 e. The fourth-order valence-electron chi connectivity index (χ4n) is 1.93. The molecule has 0 aromatic heterocycles. The highest BCUT2D eigenvalue weighted by atomic mass is 16.6. The third kappa shape index (κ3) is 8.30. The maximum Gasteiger partial charge on any atom is 0.338 e. The maximum atomic E-state index is 12.1. The van der Waals surface area contributed by atoms with Crippen molar-refractivity contribution in [2.75, 3.05) is 13.2 Å². The Labute approximate surface area is 175 Å². The van der Waals surface area contributed by atoms with E-state index >= 15 is 0 Å². The fraction of sp³-hybridized carbons (Fsp3) is 0.364. The maximum absolute atomic E-state index is 12.1. The molecule has 0 aliphatic rings. The molecule has 0 radical (unpaired) electrons. The van der Waals surface area contributed by atoms with Crippen LogP contribution in [0, 0.1) is 0 Å². The second-order valence-corrected chi connectivity index (χ2v) is 6.77. The van der Waals surface area contributed by atoms with Gasteiger partial charge in [0.05, 0.1) is 11.1 Å². The van der Waals surface area contributed by atoms with Gasteiger partial charge in [-0.3, -0.25) is 0 Å². The van der Waals surface area contributed by atoms with Crippen LogP contribution in [-0.2, 0) is 28.5 Å². The van der Waals surface area contributed by atoms with E-state index < -0.39 is 36.1 Å². The van der Waals surface area contributed by atoms with Crippen molar-refractivity contribution in [3.63, 3.8) is 0 Å². The van der Waals surface area contributed by atoms with Gasteiger partial charge in [0.15, 0.2) is 0 Å². The number of rotatable bonds is 10. The highest BCUT2D eigenvalue weighted by Crippen LogP contribution is 2.09. The fourth-order valence-corrected chi connectivity index (χ4v) is 1.93. The number of esters is 4. The molecule has 1 aromatic carbocycles. The van der Waals surface area contributed by atoms with Crippen molar-refractivity contribution >= 4 is 23.9 Å². The number of carbonyl (C=O) groups excluding carboxylic acids is 4. The second kappa shape index (κ2) is 11.5. The zero-order valence-electron chi connectivity index (χ0n) is 17.6. The highest BCUT2D eigenvalue weighted by molar-refractivity contribution is 5.93. The number of hydrogen-bond donors (Lipinski definition) is 0. The molecule has 0 bridgehead atoms. The summed E-state index contributed by atoms with van der Waals surface area (Å²) >= 11 is 0. The summed E-state index contributed by atoms with van der Waals surface area (Å²) in [6.45, 7) is 12.9. The van der Waals surface area contributed by atoms with E-state index in [-0.39, 0.29) is 35.5 Å². The van der Waals surface area contributed by atoms with Crippen molar-refractivity contribution in [1.82, 2.24) is 0 Å². The van der Waals surface area contributed by atoms with Gasteiger partial charge in [-0.05, 0) is 52.0 Å². The van der Waals surface area contributed by atoms with Crippen LogP contribution in [0.25, 0.3) is 0 Å². The van der Waals surface area contributed by atoms with Gasteiger partial charge in [-0.1, -0.05) is 13.2 Å². The molecule has 30 heavy (non-hydrogen) atoms. The Balaban J connectivity index is 2.51. The molecule has 0 fully saturated rings. The van der Waals surface area contributed by atoms with E-state index in [9.17, 15) is 19.2 Å². The van der Waals surface area contributed by atoms with Crippen molar-refractivity contribution < 1.29 is 38.1 Å². The summed E-state index contributed by atoms with van der Waals surface area (Å²) in [6, 6.07) is 5.64. The minimum Gasteiger partial charge on any atom is -0.458 e. The van der Waals surface area contributed by atoms with Gasteiger partial charge in [-0.15, -0.1) is 0 Å². The number of benzene rings is 1. The first-order valence-corrected chi connectivity index (χ1v) is 9.18. The van der Waals surface area contributed by atoms with E-state index in [0.717, 1.165) is 0 Å². The lowest BCUT2D eigenvalue weighted by molar-refractivity contribution is -0.146. The van der Waals surface area contributed by atoms with Gasteiger partial charge in [0.2, 0.25) is 0 Å². The molecule has 8 heteroatoms. The molecule has 2 unspecified atom stereocenters. The first-order valence-electron chi connectivity index (χ1n) is 9.18. The first-order chi connectivity index (χ1) is 14.0. The Kier molecular flexibility index (Phi) is 9.48. The van der Waals surface area contributed by atoms with Crippen LogP contribution in [0.4, 0.5) is 0 Å². The predicted molar refractivity (Wildman–Crippen MR) is 108 cm³/mol. The average Bonchev–Trinajstić information content (AvgIpc) is 2.70. The third-order valence-corrected chi connectivity index (χ3v) is 3.57. The van der Waals surface area contributed by atoms with E-state index in [2.05, 4.69) is 13.2 Å². The van der Waals surface area contributed by atoms with Crippen molar-refractivity contribution in [3.05, 3.63) is 59.7 Å². The van der Waals surface area contributed by atoms with Crippen LogP contribution < -0.4 is 0 Å². The molecule has 0 aliphatic heterocycles. The molecule has 0 N–H and O–H groups in total. The Morgan fingerprint density at radius 1 is 0.733 bits per heavy atom. The van der Waals surface area contributed by atoms with Gasteiger partial charge in [0.1, 0.15) is 25.4 Å². The van der Waals surface area contributed by atoms with Gasteiger partial charge in [0, 0.05) is 11.1 Å². The number of hydrogen-bond acceptors (Lipinski definition) is 8. The molecule has 0 heterocycles. The monoisotopic (exact) mass is 418 g/mol. The van der Waals surface area contributed by atoms with E-state index in [0.29, 0.717) is 0 Å². The summed E-state index contributed by atoms with van der Waals surface area (Å²) < 4.78 is 20.2. The summed E-state index contributed by atoms with van der Waals surface area (Å²) in [4.78, 5) is 47.0. The van der Waals surface area contributed by atoms with Crippen molar-refractivity contribution in [2.24, 2.45) is 0 Å². The third-order valence-electron chi connectivity index (χ3n) is 3.57. The molecule has 8 nitrogen and oxygen atoms in total. The van der Waals surface area contributed by atoms with E-state index in [1.165, 1.54) is 38.1 Å².